The summed E-state index contributed by atoms with van der Waals surface area (Å²) >= 11 is 0. The summed E-state index contributed by atoms with van der Waals surface area (Å²) < 4.78 is 30.7. The Morgan fingerprint density at radius 1 is 1.14 bits per heavy atom. The first kappa shape index (κ1) is 9.44. The summed E-state index contributed by atoms with van der Waals surface area (Å²) in [5, 5.41) is 0. The molecule has 0 atom stereocenters. The van der Waals surface area contributed by atoms with Crippen LogP contribution in [0.2, 0.25) is 0 Å². The first-order valence-electron chi connectivity index (χ1n) is 4.83. The van der Waals surface area contributed by atoms with Gasteiger partial charge < -0.3 is 4.74 Å². The lowest BCUT2D eigenvalue weighted by Crippen LogP contribution is -2.19. The maximum Gasteiger partial charge on any atom is 0.129 e. The topological polar surface area (TPSA) is 9.23 Å². The van der Waals surface area contributed by atoms with Crippen LogP contribution in [0.3, 0.4) is 0 Å². The summed E-state index contributed by atoms with van der Waals surface area (Å²) in [6.45, 7) is 0.572. The molecule has 1 aromatic carbocycles. The molecule has 0 heterocycles. The predicted octanol–water partition coefficient (Wildman–Crippen LogP) is 3.14. The fourth-order valence-electron chi connectivity index (χ4n) is 1.49. The van der Waals surface area contributed by atoms with E-state index in [2.05, 4.69) is 0 Å². The number of ether oxygens (including phenoxy) is 1. The van der Waals surface area contributed by atoms with Gasteiger partial charge in [-0.1, -0.05) is 6.42 Å². The van der Waals surface area contributed by atoms with E-state index in [9.17, 15) is 8.78 Å². The zero-order valence-corrected chi connectivity index (χ0v) is 7.80. The Balaban J connectivity index is 1.94. The lowest BCUT2D eigenvalue weighted by molar-refractivity contribution is 0.179. The average molecular weight is 198 g/mol. The quantitative estimate of drug-likeness (QED) is 0.725. The highest BCUT2D eigenvalue weighted by Crippen LogP contribution is 2.27. The molecule has 0 aromatic heterocycles. The number of hydrogen-bond donors (Lipinski definition) is 0. The molecule has 1 aromatic rings. The Kier molecular flexibility index (Phi) is 2.66. The van der Waals surface area contributed by atoms with Gasteiger partial charge in [0.1, 0.15) is 17.4 Å². The molecule has 0 aliphatic heterocycles. The SMILES string of the molecule is Fc1cc(F)cc(OCC2CCC2)c1. The minimum atomic E-state index is -0.589. The van der Waals surface area contributed by atoms with Crippen LogP contribution in [-0.4, -0.2) is 6.61 Å². The van der Waals surface area contributed by atoms with E-state index in [4.69, 9.17) is 4.74 Å². The van der Waals surface area contributed by atoms with Crippen molar-refractivity contribution in [3.8, 4) is 5.75 Å². The molecule has 2 rings (SSSR count). The monoisotopic (exact) mass is 198 g/mol. The van der Waals surface area contributed by atoms with Crippen molar-refractivity contribution in [1.82, 2.24) is 0 Å². The fourth-order valence-corrected chi connectivity index (χ4v) is 1.49. The summed E-state index contributed by atoms with van der Waals surface area (Å²) in [4.78, 5) is 0. The molecule has 0 saturated heterocycles. The van der Waals surface area contributed by atoms with E-state index in [1.54, 1.807) is 0 Å². The molecule has 1 aliphatic rings. The standard InChI is InChI=1S/C11H12F2O/c12-9-4-10(13)6-11(5-9)14-7-8-2-1-3-8/h4-6,8H,1-3,7H2. The molecule has 3 heteroatoms. The first-order valence-corrected chi connectivity index (χ1v) is 4.83. The highest BCUT2D eigenvalue weighted by molar-refractivity contribution is 5.23. The van der Waals surface area contributed by atoms with E-state index in [0.717, 1.165) is 18.9 Å². The summed E-state index contributed by atoms with van der Waals surface area (Å²) in [7, 11) is 0. The highest BCUT2D eigenvalue weighted by Gasteiger charge is 2.18. The molecule has 0 bridgehead atoms. The van der Waals surface area contributed by atoms with Gasteiger partial charge in [0.15, 0.2) is 0 Å². The lowest BCUT2D eigenvalue weighted by atomic mass is 9.86. The first-order chi connectivity index (χ1) is 6.74. The van der Waals surface area contributed by atoms with Crippen LogP contribution >= 0.6 is 0 Å². The van der Waals surface area contributed by atoms with E-state index in [-0.39, 0.29) is 5.75 Å². The van der Waals surface area contributed by atoms with Crippen molar-refractivity contribution in [3.63, 3.8) is 0 Å². The molecule has 1 saturated carbocycles. The van der Waals surface area contributed by atoms with Crippen molar-refractivity contribution in [2.24, 2.45) is 5.92 Å². The Labute approximate surface area is 81.7 Å². The molecular formula is C11H12F2O. The fraction of sp³-hybridized carbons (Fsp3) is 0.455. The molecule has 0 amide bonds. The minimum absolute atomic E-state index is 0.286. The van der Waals surface area contributed by atoms with Gasteiger partial charge in [-0.2, -0.15) is 0 Å². The van der Waals surface area contributed by atoms with Crippen LogP contribution in [-0.2, 0) is 0 Å². The molecule has 0 radical (unpaired) electrons. The maximum absolute atomic E-state index is 12.7. The van der Waals surface area contributed by atoms with Crippen molar-refractivity contribution >= 4 is 0 Å². The van der Waals surface area contributed by atoms with Crippen LogP contribution in [0.15, 0.2) is 18.2 Å². The molecule has 0 spiro atoms. The Morgan fingerprint density at radius 3 is 2.29 bits per heavy atom. The molecule has 1 fully saturated rings. The summed E-state index contributed by atoms with van der Waals surface area (Å²) in [6.07, 6.45) is 3.57. The molecule has 0 N–H and O–H groups in total. The largest absolute Gasteiger partial charge is 0.493 e. The van der Waals surface area contributed by atoms with Gasteiger partial charge in [-0.3, -0.25) is 0 Å². The molecule has 14 heavy (non-hydrogen) atoms. The predicted molar refractivity (Wildman–Crippen MR) is 49.2 cm³/mol. The van der Waals surface area contributed by atoms with Gasteiger partial charge in [-0.25, -0.2) is 8.78 Å². The Morgan fingerprint density at radius 2 is 1.79 bits per heavy atom. The Hall–Kier alpha value is -1.12. The van der Waals surface area contributed by atoms with Crippen LogP contribution in [0.5, 0.6) is 5.75 Å². The van der Waals surface area contributed by atoms with Gasteiger partial charge in [-0.05, 0) is 18.8 Å². The van der Waals surface area contributed by atoms with Crippen LogP contribution in [0.4, 0.5) is 8.78 Å². The smallest absolute Gasteiger partial charge is 0.129 e. The van der Waals surface area contributed by atoms with Crippen molar-refractivity contribution in [3.05, 3.63) is 29.8 Å². The van der Waals surface area contributed by atoms with E-state index >= 15 is 0 Å². The van der Waals surface area contributed by atoms with Gasteiger partial charge in [0.25, 0.3) is 0 Å². The number of hydrogen-bond acceptors (Lipinski definition) is 1. The zero-order valence-electron chi connectivity index (χ0n) is 7.80. The Bertz CT molecular complexity index is 301. The van der Waals surface area contributed by atoms with Crippen LogP contribution < -0.4 is 4.74 Å². The molecule has 76 valence electrons. The average Bonchev–Trinajstić information content (AvgIpc) is 1.99. The number of rotatable bonds is 3. The second kappa shape index (κ2) is 3.95. The van der Waals surface area contributed by atoms with Crippen molar-refractivity contribution in [1.29, 1.82) is 0 Å². The summed E-state index contributed by atoms with van der Waals surface area (Å²) in [5.41, 5.74) is 0. The number of benzene rings is 1. The third kappa shape index (κ3) is 2.22. The van der Waals surface area contributed by atoms with Crippen molar-refractivity contribution in [2.45, 2.75) is 19.3 Å². The normalized spacial score (nSPS) is 16.4. The minimum Gasteiger partial charge on any atom is -0.493 e. The van der Waals surface area contributed by atoms with E-state index in [0.29, 0.717) is 12.5 Å². The molecule has 0 unspecified atom stereocenters. The van der Waals surface area contributed by atoms with Gasteiger partial charge in [0.2, 0.25) is 0 Å². The number of halogens is 2. The van der Waals surface area contributed by atoms with Gasteiger partial charge in [0, 0.05) is 18.2 Å². The van der Waals surface area contributed by atoms with Crippen molar-refractivity contribution in [2.75, 3.05) is 6.61 Å². The maximum atomic E-state index is 12.7. The van der Waals surface area contributed by atoms with E-state index < -0.39 is 11.6 Å². The van der Waals surface area contributed by atoms with Gasteiger partial charge in [-0.15, -0.1) is 0 Å². The van der Waals surface area contributed by atoms with Crippen LogP contribution in [0.1, 0.15) is 19.3 Å². The third-order valence-corrected chi connectivity index (χ3v) is 2.55. The zero-order chi connectivity index (χ0) is 9.97. The van der Waals surface area contributed by atoms with Crippen molar-refractivity contribution < 1.29 is 13.5 Å². The lowest BCUT2D eigenvalue weighted by Gasteiger charge is -2.25. The van der Waals surface area contributed by atoms with Crippen LogP contribution in [0, 0.1) is 17.6 Å². The molecule has 1 nitrogen and oxygen atoms in total. The van der Waals surface area contributed by atoms with E-state index in [1.165, 1.54) is 18.6 Å². The summed E-state index contributed by atoms with van der Waals surface area (Å²) in [6, 6.07) is 3.26. The van der Waals surface area contributed by atoms with Gasteiger partial charge >= 0.3 is 0 Å². The summed E-state index contributed by atoms with van der Waals surface area (Å²) in [5.74, 6) is -0.321. The van der Waals surface area contributed by atoms with Crippen LogP contribution in [0.25, 0.3) is 0 Å². The van der Waals surface area contributed by atoms with Gasteiger partial charge in [0.05, 0.1) is 6.61 Å². The molecular weight excluding hydrogens is 186 g/mol. The second-order valence-electron chi connectivity index (χ2n) is 3.71. The third-order valence-electron chi connectivity index (χ3n) is 2.55. The van der Waals surface area contributed by atoms with E-state index in [1.807, 2.05) is 0 Å². The highest BCUT2D eigenvalue weighted by atomic mass is 19.1. The molecule has 1 aliphatic carbocycles. The second-order valence-corrected chi connectivity index (χ2v) is 3.71.